The van der Waals surface area contributed by atoms with Gasteiger partial charge in [0.15, 0.2) is 11.0 Å². The van der Waals surface area contributed by atoms with E-state index in [1.54, 1.807) is 19.2 Å². The smallest absolute Gasteiger partial charge is 0.196 e. The number of hydrogen-bond acceptors (Lipinski definition) is 4. The molecule has 0 spiro atoms. The number of rotatable bonds is 6. The summed E-state index contributed by atoms with van der Waals surface area (Å²) in [6.07, 6.45) is 0. The lowest BCUT2D eigenvalue weighted by atomic mass is 10.2. The summed E-state index contributed by atoms with van der Waals surface area (Å²) in [4.78, 5) is 0. The van der Waals surface area contributed by atoms with Crippen molar-refractivity contribution in [3.63, 3.8) is 0 Å². The molecule has 0 aliphatic heterocycles. The van der Waals surface area contributed by atoms with E-state index < -0.39 is 0 Å². The first kappa shape index (κ1) is 18.3. The van der Waals surface area contributed by atoms with Gasteiger partial charge in [-0.3, -0.25) is 4.57 Å². The number of halogens is 1. The minimum absolute atomic E-state index is 0.212. The molecule has 6 heteroatoms. The van der Waals surface area contributed by atoms with Gasteiger partial charge in [-0.2, -0.15) is 0 Å². The number of methoxy groups -OCH3 is 1. The molecule has 3 aromatic carbocycles. The molecule has 4 rings (SSSR count). The molecule has 0 bridgehead atoms. The quantitative estimate of drug-likeness (QED) is 0.414. The van der Waals surface area contributed by atoms with Crippen LogP contribution >= 0.6 is 11.8 Å². The normalized spacial score (nSPS) is 10.8. The summed E-state index contributed by atoms with van der Waals surface area (Å²) in [6, 6.07) is 24.4. The van der Waals surface area contributed by atoms with E-state index in [0.29, 0.717) is 16.5 Å². The summed E-state index contributed by atoms with van der Waals surface area (Å²) in [7, 11) is 1.64. The Labute approximate surface area is 167 Å². The topological polar surface area (TPSA) is 39.9 Å². The van der Waals surface area contributed by atoms with Crippen LogP contribution in [0, 0.1) is 5.82 Å². The van der Waals surface area contributed by atoms with Gasteiger partial charge in [0, 0.05) is 17.0 Å². The zero-order valence-corrected chi connectivity index (χ0v) is 16.1. The van der Waals surface area contributed by atoms with E-state index in [1.807, 2.05) is 65.2 Å². The number of aromatic nitrogens is 3. The number of ether oxygens (including phenoxy) is 1. The monoisotopic (exact) mass is 391 g/mol. The molecule has 0 saturated carbocycles. The molecule has 0 radical (unpaired) electrons. The van der Waals surface area contributed by atoms with E-state index in [-0.39, 0.29) is 5.82 Å². The van der Waals surface area contributed by atoms with Crippen LogP contribution in [0.2, 0.25) is 0 Å². The second-order valence-corrected chi connectivity index (χ2v) is 7.03. The number of nitrogens with zero attached hydrogens (tertiary/aromatic N) is 3. The molecule has 28 heavy (non-hydrogen) atoms. The highest BCUT2D eigenvalue weighted by Crippen LogP contribution is 2.30. The molecule has 0 aliphatic rings. The van der Waals surface area contributed by atoms with Gasteiger partial charge in [0.1, 0.15) is 11.6 Å². The highest BCUT2D eigenvalue weighted by atomic mass is 32.2. The van der Waals surface area contributed by atoms with Crippen LogP contribution in [0.4, 0.5) is 4.39 Å². The molecule has 1 aromatic heterocycles. The van der Waals surface area contributed by atoms with Gasteiger partial charge in [0.05, 0.1) is 7.11 Å². The summed E-state index contributed by atoms with van der Waals surface area (Å²) < 4.78 is 21.2. The van der Waals surface area contributed by atoms with Crippen LogP contribution in [-0.2, 0) is 5.75 Å². The summed E-state index contributed by atoms with van der Waals surface area (Å²) in [6.45, 7) is 0. The number of benzene rings is 3. The van der Waals surface area contributed by atoms with Gasteiger partial charge in [0.2, 0.25) is 0 Å². The molecule has 4 nitrogen and oxygen atoms in total. The van der Waals surface area contributed by atoms with Crippen LogP contribution in [-0.4, -0.2) is 21.9 Å². The fourth-order valence-corrected chi connectivity index (χ4v) is 3.80. The average Bonchev–Trinajstić information content (AvgIpc) is 3.18. The Bertz CT molecular complexity index is 1060. The fourth-order valence-electron chi connectivity index (χ4n) is 2.86. The molecule has 0 N–H and O–H groups in total. The summed E-state index contributed by atoms with van der Waals surface area (Å²) >= 11 is 1.46. The van der Waals surface area contributed by atoms with E-state index in [4.69, 9.17) is 4.74 Å². The Kier molecular flexibility index (Phi) is 5.39. The van der Waals surface area contributed by atoms with Crippen molar-refractivity contribution in [2.24, 2.45) is 0 Å². The molecule has 0 unspecified atom stereocenters. The summed E-state index contributed by atoms with van der Waals surface area (Å²) in [5.41, 5.74) is 2.52. The molecule has 0 saturated heterocycles. The standard InChI is InChI=1S/C22H18FN3OS/c1-27-19-13-11-16(12-14-19)21-24-25-22(26(21)18-8-3-2-4-9-18)28-15-17-7-5-6-10-20(17)23/h2-14H,15H2,1H3. The number of thioether (sulfide) groups is 1. The average molecular weight is 391 g/mol. The summed E-state index contributed by atoms with van der Waals surface area (Å²) in [5.74, 6) is 1.77. The Morgan fingerprint density at radius 1 is 0.893 bits per heavy atom. The van der Waals surface area contributed by atoms with Gasteiger partial charge in [0.25, 0.3) is 0 Å². The first-order chi connectivity index (χ1) is 13.8. The van der Waals surface area contributed by atoms with E-state index in [2.05, 4.69) is 10.2 Å². The molecular formula is C22H18FN3OS. The van der Waals surface area contributed by atoms with Gasteiger partial charge in [-0.25, -0.2) is 4.39 Å². The zero-order valence-electron chi connectivity index (χ0n) is 15.2. The van der Waals surface area contributed by atoms with Gasteiger partial charge < -0.3 is 4.74 Å². The summed E-state index contributed by atoms with van der Waals surface area (Å²) in [5, 5.41) is 9.50. The third-order valence-corrected chi connectivity index (χ3v) is 5.29. The Morgan fingerprint density at radius 3 is 2.32 bits per heavy atom. The highest BCUT2D eigenvalue weighted by Gasteiger charge is 2.16. The molecule has 4 aromatic rings. The first-order valence-electron chi connectivity index (χ1n) is 8.78. The highest BCUT2D eigenvalue weighted by molar-refractivity contribution is 7.98. The van der Waals surface area contributed by atoms with Gasteiger partial charge in [-0.15, -0.1) is 10.2 Å². The number of hydrogen-bond donors (Lipinski definition) is 0. The lowest BCUT2D eigenvalue weighted by Gasteiger charge is -2.11. The van der Waals surface area contributed by atoms with Gasteiger partial charge in [-0.05, 0) is 48.0 Å². The fraction of sp³-hybridized carbons (Fsp3) is 0.0909. The second kappa shape index (κ2) is 8.27. The van der Waals surface area contributed by atoms with Crippen molar-refractivity contribution in [1.29, 1.82) is 0 Å². The zero-order chi connectivity index (χ0) is 19.3. The minimum Gasteiger partial charge on any atom is -0.497 e. The van der Waals surface area contributed by atoms with Crippen molar-refractivity contribution < 1.29 is 9.13 Å². The van der Waals surface area contributed by atoms with Crippen LogP contribution < -0.4 is 4.74 Å². The van der Waals surface area contributed by atoms with Crippen molar-refractivity contribution in [2.45, 2.75) is 10.9 Å². The molecule has 0 atom stereocenters. The van der Waals surface area contributed by atoms with Crippen LogP contribution in [0.5, 0.6) is 5.75 Å². The van der Waals surface area contributed by atoms with Crippen molar-refractivity contribution in [3.8, 4) is 22.8 Å². The van der Waals surface area contributed by atoms with Crippen molar-refractivity contribution in [1.82, 2.24) is 14.8 Å². The van der Waals surface area contributed by atoms with Crippen molar-refractivity contribution in [2.75, 3.05) is 7.11 Å². The van der Waals surface area contributed by atoms with E-state index in [0.717, 1.165) is 22.8 Å². The van der Waals surface area contributed by atoms with E-state index in [1.165, 1.54) is 17.8 Å². The van der Waals surface area contributed by atoms with Crippen LogP contribution in [0.25, 0.3) is 17.1 Å². The second-order valence-electron chi connectivity index (χ2n) is 6.09. The third kappa shape index (κ3) is 3.77. The van der Waals surface area contributed by atoms with Crippen LogP contribution in [0.15, 0.2) is 84.0 Å². The maximum Gasteiger partial charge on any atom is 0.196 e. The Hall–Kier alpha value is -3.12. The minimum atomic E-state index is -0.212. The predicted octanol–water partition coefficient (Wildman–Crippen LogP) is 5.37. The van der Waals surface area contributed by atoms with Gasteiger partial charge in [-0.1, -0.05) is 48.2 Å². The molecule has 1 heterocycles. The molecule has 0 aliphatic carbocycles. The van der Waals surface area contributed by atoms with Gasteiger partial charge >= 0.3 is 0 Å². The maximum absolute atomic E-state index is 14.0. The van der Waals surface area contributed by atoms with Crippen molar-refractivity contribution in [3.05, 3.63) is 90.2 Å². The number of para-hydroxylation sites is 1. The van der Waals surface area contributed by atoms with Crippen molar-refractivity contribution >= 4 is 11.8 Å². The molecule has 0 amide bonds. The largest absolute Gasteiger partial charge is 0.497 e. The predicted molar refractivity (Wildman–Crippen MR) is 109 cm³/mol. The lowest BCUT2D eigenvalue weighted by molar-refractivity contribution is 0.415. The third-order valence-electron chi connectivity index (χ3n) is 4.31. The van der Waals surface area contributed by atoms with E-state index in [9.17, 15) is 4.39 Å². The Morgan fingerprint density at radius 2 is 1.61 bits per heavy atom. The van der Waals surface area contributed by atoms with Crippen LogP contribution in [0.3, 0.4) is 0 Å². The molecule has 0 fully saturated rings. The van der Waals surface area contributed by atoms with Crippen LogP contribution in [0.1, 0.15) is 5.56 Å². The molecular weight excluding hydrogens is 373 g/mol. The SMILES string of the molecule is COc1ccc(-c2nnc(SCc3ccccc3F)n2-c2ccccc2)cc1. The lowest BCUT2D eigenvalue weighted by Crippen LogP contribution is -2.00. The van der Waals surface area contributed by atoms with E-state index >= 15 is 0 Å². The Balaban J connectivity index is 1.72. The first-order valence-corrected chi connectivity index (χ1v) is 9.76. The molecule has 140 valence electrons. The maximum atomic E-state index is 14.0.